The number of aliphatic hydroxyl groups is 1. The predicted octanol–water partition coefficient (Wildman–Crippen LogP) is 2.45. The summed E-state index contributed by atoms with van der Waals surface area (Å²) >= 11 is 3.53. The SMILES string of the molecule is CN1CC(c2cccc(Br)c2)(c2cccc(CO)c2)N=C1N. The van der Waals surface area contributed by atoms with Crippen LogP contribution in [-0.4, -0.2) is 29.6 Å². The van der Waals surface area contributed by atoms with Crippen molar-refractivity contribution in [2.45, 2.75) is 12.1 Å². The van der Waals surface area contributed by atoms with E-state index in [0.29, 0.717) is 12.5 Å². The molecule has 0 aliphatic carbocycles. The van der Waals surface area contributed by atoms with Crippen molar-refractivity contribution in [3.05, 3.63) is 69.7 Å². The standard InChI is InChI=1S/C17H18BrN3O/c1-21-11-17(20-16(21)19,14-6-3-7-15(18)9-14)13-5-2-4-12(8-13)10-22/h2-9,22H,10-11H2,1H3,(H2,19,20). The molecule has 114 valence electrons. The van der Waals surface area contributed by atoms with Crippen LogP contribution in [0, 0.1) is 0 Å². The van der Waals surface area contributed by atoms with Crippen molar-refractivity contribution >= 4 is 21.9 Å². The molecular weight excluding hydrogens is 342 g/mol. The molecule has 1 atom stereocenters. The number of nitrogens with two attached hydrogens (primary N) is 1. The number of nitrogens with zero attached hydrogens (tertiary/aromatic N) is 2. The van der Waals surface area contributed by atoms with Gasteiger partial charge < -0.3 is 15.7 Å². The summed E-state index contributed by atoms with van der Waals surface area (Å²) in [5.74, 6) is 0.523. The molecule has 0 aromatic heterocycles. The lowest BCUT2D eigenvalue weighted by Gasteiger charge is -2.28. The van der Waals surface area contributed by atoms with Crippen LogP contribution in [-0.2, 0) is 12.1 Å². The predicted molar refractivity (Wildman–Crippen MR) is 91.5 cm³/mol. The molecule has 2 aromatic carbocycles. The Balaban J connectivity index is 2.20. The van der Waals surface area contributed by atoms with Crippen LogP contribution in [0.1, 0.15) is 16.7 Å². The van der Waals surface area contributed by atoms with Gasteiger partial charge in [0.15, 0.2) is 5.96 Å². The van der Waals surface area contributed by atoms with Gasteiger partial charge in [-0.2, -0.15) is 0 Å². The van der Waals surface area contributed by atoms with Gasteiger partial charge in [0.25, 0.3) is 0 Å². The van der Waals surface area contributed by atoms with Gasteiger partial charge in [0.1, 0.15) is 5.54 Å². The van der Waals surface area contributed by atoms with Crippen LogP contribution in [0.4, 0.5) is 0 Å². The number of hydrogen-bond donors (Lipinski definition) is 2. The van der Waals surface area contributed by atoms with E-state index >= 15 is 0 Å². The van der Waals surface area contributed by atoms with Gasteiger partial charge in [-0.3, -0.25) is 0 Å². The second-order valence-electron chi connectivity index (χ2n) is 5.56. The molecule has 0 amide bonds. The van der Waals surface area contributed by atoms with Crippen molar-refractivity contribution in [2.75, 3.05) is 13.6 Å². The summed E-state index contributed by atoms with van der Waals surface area (Å²) in [6.07, 6.45) is 0. The third-order valence-corrected chi connectivity index (χ3v) is 4.55. The summed E-state index contributed by atoms with van der Waals surface area (Å²) in [5, 5.41) is 9.43. The molecule has 0 bridgehead atoms. The summed E-state index contributed by atoms with van der Waals surface area (Å²) < 4.78 is 1.01. The molecule has 0 radical (unpaired) electrons. The zero-order valence-electron chi connectivity index (χ0n) is 12.3. The quantitative estimate of drug-likeness (QED) is 0.884. The molecule has 0 saturated heterocycles. The van der Waals surface area contributed by atoms with Gasteiger partial charge in [-0.1, -0.05) is 52.3 Å². The first kappa shape index (κ1) is 15.1. The molecule has 3 N–H and O–H groups in total. The summed E-state index contributed by atoms with van der Waals surface area (Å²) in [6.45, 7) is 0.682. The van der Waals surface area contributed by atoms with Crippen molar-refractivity contribution in [3.63, 3.8) is 0 Å². The van der Waals surface area contributed by atoms with Gasteiger partial charge in [0.05, 0.1) is 13.2 Å². The molecule has 5 heteroatoms. The summed E-state index contributed by atoms with van der Waals surface area (Å²) in [5.41, 5.74) is 8.48. The number of benzene rings is 2. The third kappa shape index (κ3) is 2.51. The topological polar surface area (TPSA) is 61.8 Å². The Hall–Kier alpha value is -1.85. The Morgan fingerprint density at radius 1 is 1.23 bits per heavy atom. The maximum atomic E-state index is 9.43. The highest BCUT2D eigenvalue weighted by Crippen LogP contribution is 2.39. The van der Waals surface area contributed by atoms with Crippen LogP contribution < -0.4 is 5.73 Å². The van der Waals surface area contributed by atoms with E-state index < -0.39 is 5.54 Å². The molecule has 1 unspecified atom stereocenters. The Kier molecular flexibility index (Phi) is 3.93. The van der Waals surface area contributed by atoms with E-state index in [1.54, 1.807) is 0 Å². The Morgan fingerprint density at radius 3 is 2.50 bits per heavy atom. The first-order valence-electron chi connectivity index (χ1n) is 7.08. The van der Waals surface area contributed by atoms with Gasteiger partial charge >= 0.3 is 0 Å². The minimum atomic E-state index is -0.548. The highest BCUT2D eigenvalue weighted by atomic mass is 79.9. The molecular formula is C17H18BrN3O. The summed E-state index contributed by atoms with van der Waals surface area (Å²) in [6, 6.07) is 16.0. The van der Waals surface area contributed by atoms with Crippen molar-refractivity contribution in [2.24, 2.45) is 10.7 Å². The Bertz CT molecular complexity index is 731. The lowest BCUT2D eigenvalue weighted by Crippen LogP contribution is -2.34. The van der Waals surface area contributed by atoms with E-state index in [1.807, 2.05) is 48.3 Å². The van der Waals surface area contributed by atoms with Gasteiger partial charge in [-0.15, -0.1) is 0 Å². The molecule has 1 aliphatic heterocycles. The van der Waals surface area contributed by atoms with Crippen LogP contribution in [0.25, 0.3) is 0 Å². The van der Waals surface area contributed by atoms with E-state index in [4.69, 9.17) is 10.7 Å². The fourth-order valence-corrected chi connectivity index (χ4v) is 3.29. The van der Waals surface area contributed by atoms with E-state index in [1.165, 1.54) is 0 Å². The molecule has 0 fully saturated rings. The second-order valence-corrected chi connectivity index (χ2v) is 6.47. The lowest BCUT2D eigenvalue weighted by atomic mass is 9.83. The number of halogens is 1. The third-order valence-electron chi connectivity index (χ3n) is 4.05. The van der Waals surface area contributed by atoms with Crippen LogP contribution >= 0.6 is 15.9 Å². The monoisotopic (exact) mass is 359 g/mol. The fourth-order valence-electron chi connectivity index (χ4n) is 2.89. The normalized spacial score (nSPS) is 21.0. The number of aliphatic imine (C=N–C) groups is 1. The molecule has 1 heterocycles. The van der Waals surface area contributed by atoms with Gasteiger partial charge in [-0.05, 0) is 28.8 Å². The van der Waals surface area contributed by atoms with Crippen molar-refractivity contribution < 1.29 is 5.11 Å². The lowest BCUT2D eigenvalue weighted by molar-refractivity contribution is 0.281. The Morgan fingerprint density at radius 2 is 1.91 bits per heavy atom. The van der Waals surface area contributed by atoms with Crippen molar-refractivity contribution in [1.29, 1.82) is 0 Å². The number of guanidine groups is 1. The number of likely N-dealkylation sites (N-methyl/N-ethyl adjacent to an activating group) is 1. The average molecular weight is 360 g/mol. The number of rotatable bonds is 3. The molecule has 4 nitrogen and oxygen atoms in total. The van der Waals surface area contributed by atoms with E-state index in [2.05, 4.69) is 28.1 Å². The highest BCUT2D eigenvalue weighted by Gasteiger charge is 2.40. The van der Waals surface area contributed by atoms with Gasteiger partial charge in [0.2, 0.25) is 0 Å². The fraction of sp³-hybridized carbons (Fsp3) is 0.235. The molecule has 1 aliphatic rings. The zero-order valence-corrected chi connectivity index (χ0v) is 13.9. The maximum Gasteiger partial charge on any atom is 0.192 e. The van der Waals surface area contributed by atoms with Gasteiger partial charge in [0, 0.05) is 11.5 Å². The smallest absolute Gasteiger partial charge is 0.192 e. The molecule has 3 rings (SSSR count). The zero-order chi connectivity index (χ0) is 15.7. The van der Waals surface area contributed by atoms with E-state index in [9.17, 15) is 5.11 Å². The Labute approximate surface area is 138 Å². The second kappa shape index (κ2) is 5.74. The number of aliphatic hydroxyl groups excluding tert-OH is 1. The minimum Gasteiger partial charge on any atom is -0.392 e. The van der Waals surface area contributed by atoms with Crippen LogP contribution in [0.5, 0.6) is 0 Å². The highest BCUT2D eigenvalue weighted by molar-refractivity contribution is 9.10. The molecule has 0 spiro atoms. The van der Waals surface area contributed by atoms with E-state index in [0.717, 1.165) is 21.2 Å². The average Bonchev–Trinajstić information content (AvgIpc) is 2.84. The first-order valence-corrected chi connectivity index (χ1v) is 7.87. The van der Waals surface area contributed by atoms with Crippen molar-refractivity contribution in [1.82, 2.24) is 4.90 Å². The largest absolute Gasteiger partial charge is 0.392 e. The summed E-state index contributed by atoms with van der Waals surface area (Å²) in [7, 11) is 1.94. The van der Waals surface area contributed by atoms with Crippen LogP contribution in [0.15, 0.2) is 58.0 Å². The summed E-state index contributed by atoms with van der Waals surface area (Å²) in [4.78, 5) is 6.73. The molecule has 2 aromatic rings. The van der Waals surface area contributed by atoms with Crippen LogP contribution in [0.3, 0.4) is 0 Å². The maximum absolute atomic E-state index is 9.43. The number of hydrogen-bond acceptors (Lipinski definition) is 4. The van der Waals surface area contributed by atoms with Gasteiger partial charge in [-0.25, -0.2) is 4.99 Å². The van der Waals surface area contributed by atoms with Crippen molar-refractivity contribution in [3.8, 4) is 0 Å². The van der Waals surface area contributed by atoms with E-state index in [-0.39, 0.29) is 6.61 Å². The first-order chi connectivity index (χ1) is 10.5. The molecule has 0 saturated carbocycles. The molecule has 22 heavy (non-hydrogen) atoms. The van der Waals surface area contributed by atoms with Crippen LogP contribution in [0.2, 0.25) is 0 Å². The minimum absolute atomic E-state index is 0.0113.